The van der Waals surface area contributed by atoms with Gasteiger partial charge in [0, 0.05) is 34.1 Å². The number of benzene rings is 9. The van der Waals surface area contributed by atoms with Crippen molar-refractivity contribution < 1.29 is 0 Å². The van der Waals surface area contributed by atoms with E-state index in [2.05, 4.69) is 277 Å². The average Bonchev–Trinajstić information content (AvgIpc) is 3.37. The first kappa shape index (κ1) is 41.5. The van der Waals surface area contributed by atoms with E-state index < -0.39 is 0 Å². The molecule has 64 heavy (non-hydrogen) atoms. The molecule has 0 aromatic heterocycles. The Kier molecular flexibility index (Phi) is 12.6. The molecule has 9 aromatic carbocycles. The molecule has 0 saturated heterocycles. The minimum absolute atomic E-state index is 0.892. The van der Waals surface area contributed by atoms with E-state index in [-0.39, 0.29) is 0 Å². The Labute approximate surface area is 379 Å². The number of para-hydroxylation sites is 6. The Morgan fingerprint density at radius 2 is 0.422 bits per heavy atom. The van der Waals surface area contributed by atoms with Crippen LogP contribution in [0.3, 0.4) is 0 Å². The van der Waals surface area contributed by atoms with Crippen LogP contribution in [0.1, 0.15) is 37.5 Å². The monoisotopic (exact) mass is 830 g/mol. The number of hydrogen-bond acceptors (Lipinski definition) is 4. The third kappa shape index (κ3) is 8.64. The fourth-order valence-corrected chi connectivity index (χ4v) is 8.60. The molecule has 0 aliphatic carbocycles. The largest absolute Gasteiger partial charge is 0.308 e. The summed E-state index contributed by atoms with van der Waals surface area (Å²) >= 11 is 0. The van der Waals surface area contributed by atoms with Crippen LogP contribution in [-0.2, 0) is 19.3 Å². The highest BCUT2D eigenvalue weighted by Gasteiger charge is 2.30. The molecule has 0 N–H and O–H groups in total. The lowest BCUT2D eigenvalue weighted by atomic mass is 10.0. The van der Waals surface area contributed by atoms with Crippen molar-refractivity contribution in [3.8, 4) is 0 Å². The summed E-state index contributed by atoms with van der Waals surface area (Å²) in [6.45, 7) is 6.72. The topological polar surface area (TPSA) is 13.0 Å². The van der Waals surface area contributed by atoms with Gasteiger partial charge in [-0.25, -0.2) is 0 Å². The third-order valence-corrected chi connectivity index (χ3v) is 11.9. The minimum Gasteiger partial charge on any atom is -0.308 e. The zero-order valence-electron chi connectivity index (χ0n) is 36.9. The second-order valence-electron chi connectivity index (χ2n) is 15.9. The van der Waals surface area contributed by atoms with E-state index in [0.717, 1.165) is 87.5 Å². The number of hydrogen-bond donors (Lipinski definition) is 0. The molecule has 0 bridgehead atoms. The fourth-order valence-electron chi connectivity index (χ4n) is 8.60. The number of aryl methyl sites for hydroxylation is 3. The summed E-state index contributed by atoms with van der Waals surface area (Å²) in [7, 11) is 0. The lowest BCUT2D eigenvalue weighted by Gasteiger charge is -2.38. The number of anilines is 12. The summed E-state index contributed by atoms with van der Waals surface area (Å²) in [6.07, 6.45) is 2.68. The number of rotatable bonds is 15. The van der Waals surface area contributed by atoms with Crippen molar-refractivity contribution in [2.75, 3.05) is 19.6 Å². The maximum Gasteiger partial charge on any atom is 0.0705 e. The summed E-state index contributed by atoms with van der Waals surface area (Å²) < 4.78 is 0. The van der Waals surface area contributed by atoms with Gasteiger partial charge in [0.15, 0.2) is 0 Å². The van der Waals surface area contributed by atoms with Crippen molar-refractivity contribution in [3.63, 3.8) is 0 Å². The Hall–Kier alpha value is -7.82. The van der Waals surface area contributed by atoms with E-state index in [1.165, 1.54) is 16.7 Å². The van der Waals surface area contributed by atoms with Gasteiger partial charge >= 0.3 is 0 Å². The summed E-state index contributed by atoms with van der Waals surface area (Å²) in [5.41, 5.74) is 16.6. The molecule has 314 valence electrons. The first-order chi connectivity index (χ1) is 31.6. The van der Waals surface area contributed by atoms with Gasteiger partial charge in [0.25, 0.3) is 0 Å². The highest BCUT2D eigenvalue weighted by Crippen LogP contribution is 2.54. The quantitative estimate of drug-likeness (QED) is 0.102. The van der Waals surface area contributed by atoms with Crippen molar-refractivity contribution >= 4 is 68.2 Å². The maximum absolute atomic E-state index is 2.52. The SMILES string of the molecule is CCc1ccc(N(c2ccc(CC)cc2N(c2ccccc2)c2ccccc2)c2ccc(CC)cc2N(c2ccccc2)c2ccccc2)c(N(c2ccccc2)c2ccccc2)c1. The summed E-state index contributed by atoms with van der Waals surface area (Å²) in [4.78, 5) is 9.77. The van der Waals surface area contributed by atoms with Gasteiger partial charge in [-0.15, -0.1) is 0 Å². The molecule has 0 heterocycles. The van der Waals surface area contributed by atoms with Crippen LogP contribution in [0.2, 0.25) is 0 Å². The molecule has 0 unspecified atom stereocenters. The van der Waals surface area contributed by atoms with E-state index in [0.29, 0.717) is 0 Å². The summed E-state index contributed by atoms with van der Waals surface area (Å²) in [5, 5.41) is 0. The first-order valence-electron chi connectivity index (χ1n) is 22.5. The molecule has 0 fully saturated rings. The van der Waals surface area contributed by atoms with E-state index in [9.17, 15) is 0 Å². The van der Waals surface area contributed by atoms with Gasteiger partial charge in [0.1, 0.15) is 0 Å². The molecule has 0 amide bonds. The second kappa shape index (κ2) is 19.5. The number of nitrogens with zero attached hydrogens (tertiary/aromatic N) is 4. The van der Waals surface area contributed by atoms with Crippen molar-refractivity contribution in [2.45, 2.75) is 40.0 Å². The molecule has 9 rings (SSSR count). The Bertz CT molecular complexity index is 2450. The van der Waals surface area contributed by atoms with Crippen molar-refractivity contribution in [3.05, 3.63) is 253 Å². The lowest BCUT2D eigenvalue weighted by Crippen LogP contribution is -2.22. The second-order valence-corrected chi connectivity index (χ2v) is 15.9. The Morgan fingerprint density at radius 3 is 0.609 bits per heavy atom. The van der Waals surface area contributed by atoms with E-state index in [4.69, 9.17) is 0 Å². The predicted molar refractivity (Wildman–Crippen MR) is 273 cm³/mol. The zero-order chi connectivity index (χ0) is 43.7. The smallest absolute Gasteiger partial charge is 0.0705 e. The summed E-state index contributed by atoms with van der Waals surface area (Å²) in [6, 6.07) is 85.7. The predicted octanol–water partition coefficient (Wildman–Crippen LogP) is 17.3. The van der Waals surface area contributed by atoms with Crippen LogP contribution in [0.15, 0.2) is 237 Å². The molecule has 0 saturated carbocycles. The van der Waals surface area contributed by atoms with Crippen LogP contribution in [0.25, 0.3) is 0 Å². The molecule has 0 spiro atoms. The molecule has 0 aliphatic rings. The van der Waals surface area contributed by atoms with Crippen LogP contribution >= 0.6 is 0 Å². The molecule has 4 nitrogen and oxygen atoms in total. The molecule has 4 heteroatoms. The van der Waals surface area contributed by atoms with Crippen molar-refractivity contribution in [1.29, 1.82) is 0 Å². The van der Waals surface area contributed by atoms with Gasteiger partial charge < -0.3 is 19.6 Å². The van der Waals surface area contributed by atoms with Crippen molar-refractivity contribution in [1.82, 2.24) is 0 Å². The van der Waals surface area contributed by atoms with E-state index in [1.807, 2.05) is 0 Å². The highest BCUT2D eigenvalue weighted by atomic mass is 15.3. The van der Waals surface area contributed by atoms with Crippen LogP contribution in [0, 0.1) is 0 Å². The van der Waals surface area contributed by atoms with E-state index in [1.54, 1.807) is 0 Å². The molecule has 0 aliphatic heterocycles. The van der Waals surface area contributed by atoms with Crippen LogP contribution in [0.5, 0.6) is 0 Å². The molecule has 0 atom stereocenters. The molecular formula is C60H54N4. The summed E-state index contributed by atoms with van der Waals surface area (Å²) in [5.74, 6) is 0. The van der Waals surface area contributed by atoms with Crippen LogP contribution in [0.4, 0.5) is 68.2 Å². The normalized spacial score (nSPS) is 10.9. The van der Waals surface area contributed by atoms with Gasteiger partial charge in [-0.05, 0) is 145 Å². The van der Waals surface area contributed by atoms with Gasteiger partial charge in [-0.3, -0.25) is 0 Å². The molecular weight excluding hydrogens is 777 g/mol. The zero-order valence-corrected chi connectivity index (χ0v) is 36.9. The third-order valence-electron chi connectivity index (χ3n) is 11.9. The lowest BCUT2D eigenvalue weighted by molar-refractivity contribution is 1.11. The van der Waals surface area contributed by atoms with Gasteiger partial charge in [0.05, 0.1) is 34.1 Å². The molecule has 9 aromatic rings. The van der Waals surface area contributed by atoms with Gasteiger partial charge in [-0.1, -0.05) is 148 Å². The standard InChI is InChI=1S/C60H54N4/c1-4-46-37-40-55(58(43-46)61(49-25-13-7-14-26-49)50-27-15-8-16-28-50)64(56-41-38-47(5-2)44-59(56)62(51-29-17-9-18-30-51)52-31-19-10-20-32-52)57-42-39-48(6-3)45-60(57)63(53-33-21-11-22-34-53)54-35-23-12-24-36-54/h7-45H,4-6H2,1-3H3. The van der Waals surface area contributed by atoms with Gasteiger partial charge in [-0.2, -0.15) is 0 Å². The van der Waals surface area contributed by atoms with E-state index >= 15 is 0 Å². The first-order valence-corrected chi connectivity index (χ1v) is 22.5. The minimum atomic E-state index is 0.892. The van der Waals surface area contributed by atoms with Crippen LogP contribution in [-0.4, -0.2) is 0 Å². The Balaban J connectivity index is 1.43. The fraction of sp³-hybridized carbons (Fsp3) is 0.100. The van der Waals surface area contributed by atoms with Crippen molar-refractivity contribution in [2.24, 2.45) is 0 Å². The van der Waals surface area contributed by atoms with Crippen LogP contribution < -0.4 is 19.6 Å². The molecule has 0 radical (unpaired) electrons. The van der Waals surface area contributed by atoms with Gasteiger partial charge in [0.2, 0.25) is 0 Å². The average molecular weight is 831 g/mol. The Morgan fingerprint density at radius 1 is 0.219 bits per heavy atom. The maximum atomic E-state index is 2.52. The highest BCUT2D eigenvalue weighted by molar-refractivity contribution is 6.01.